The van der Waals surface area contributed by atoms with Crippen LogP contribution in [0.2, 0.25) is 5.02 Å². The minimum Gasteiger partial charge on any atom is -0.456 e. The highest BCUT2D eigenvalue weighted by atomic mass is 35.5. The maximum atomic E-state index is 12.8. The highest BCUT2D eigenvalue weighted by Gasteiger charge is 2.32. The second kappa shape index (κ2) is 5.88. The van der Waals surface area contributed by atoms with Crippen molar-refractivity contribution < 1.29 is 9.53 Å². The highest BCUT2D eigenvalue weighted by Crippen LogP contribution is 2.37. The first-order valence-corrected chi connectivity index (χ1v) is 8.08. The third-order valence-corrected chi connectivity index (χ3v) is 3.54. The summed E-state index contributed by atoms with van der Waals surface area (Å²) < 4.78 is 5.65. The molecular formula is C19H29ClO2. The van der Waals surface area contributed by atoms with E-state index in [4.69, 9.17) is 16.3 Å². The van der Waals surface area contributed by atoms with E-state index >= 15 is 0 Å². The third kappa shape index (κ3) is 4.74. The molecule has 0 saturated heterocycles. The van der Waals surface area contributed by atoms with Gasteiger partial charge in [-0.1, -0.05) is 53.1 Å². The fourth-order valence-electron chi connectivity index (χ4n) is 2.34. The van der Waals surface area contributed by atoms with E-state index in [1.165, 1.54) is 0 Å². The van der Waals surface area contributed by atoms with Gasteiger partial charge in [-0.25, -0.2) is 4.79 Å². The fraction of sp³-hybridized carbons (Fsp3) is 0.632. The van der Waals surface area contributed by atoms with Crippen molar-refractivity contribution in [2.45, 2.75) is 78.7 Å². The van der Waals surface area contributed by atoms with Gasteiger partial charge in [0.15, 0.2) is 0 Å². The van der Waals surface area contributed by atoms with Crippen LogP contribution >= 0.6 is 11.6 Å². The van der Waals surface area contributed by atoms with Crippen molar-refractivity contribution in [3.05, 3.63) is 33.8 Å². The summed E-state index contributed by atoms with van der Waals surface area (Å²) in [5.74, 6) is -0.279. The lowest BCUT2D eigenvalue weighted by Crippen LogP contribution is -2.29. The molecule has 1 aromatic carbocycles. The summed E-state index contributed by atoms with van der Waals surface area (Å²) in [5.41, 5.74) is 1.59. The van der Waals surface area contributed by atoms with Gasteiger partial charge in [0.05, 0.1) is 5.56 Å². The molecule has 2 nitrogen and oxygen atoms in total. The van der Waals surface area contributed by atoms with E-state index < -0.39 is 5.60 Å². The average molecular weight is 325 g/mol. The largest absolute Gasteiger partial charge is 0.456 e. The Morgan fingerprint density at radius 3 is 1.50 bits per heavy atom. The standard InChI is InChI=1S/C19H29ClO2/c1-17(2,3)13-10-12(20)11-14(18(4,5)6)15(13)16(21)22-19(7,8)9/h10-11H,1-9H3. The molecule has 0 aliphatic rings. The Kier molecular flexibility index (Phi) is 5.09. The number of hydrogen-bond acceptors (Lipinski definition) is 2. The first kappa shape index (κ1) is 19.0. The van der Waals surface area contributed by atoms with Gasteiger partial charge in [0, 0.05) is 5.02 Å². The van der Waals surface area contributed by atoms with Crippen molar-refractivity contribution in [1.82, 2.24) is 0 Å². The first-order chi connectivity index (χ1) is 9.63. The molecule has 0 heterocycles. The molecule has 0 N–H and O–H groups in total. The van der Waals surface area contributed by atoms with Crippen molar-refractivity contribution >= 4 is 17.6 Å². The molecule has 0 aliphatic carbocycles. The topological polar surface area (TPSA) is 26.3 Å². The van der Waals surface area contributed by atoms with E-state index in [-0.39, 0.29) is 16.8 Å². The van der Waals surface area contributed by atoms with Gasteiger partial charge in [0.1, 0.15) is 5.60 Å². The Morgan fingerprint density at radius 1 is 0.864 bits per heavy atom. The zero-order valence-electron chi connectivity index (χ0n) is 15.3. The second-order valence-electron chi connectivity index (χ2n) is 8.88. The smallest absolute Gasteiger partial charge is 0.339 e. The van der Waals surface area contributed by atoms with Crippen molar-refractivity contribution in [1.29, 1.82) is 0 Å². The molecule has 1 rings (SSSR count). The number of carbonyl (C=O) groups excluding carboxylic acids is 1. The SMILES string of the molecule is CC(C)(C)OC(=O)c1c(C(C)(C)C)cc(Cl)cc1C(C)(C)C. The minimum absolute atomic E-state index is 0.197. The Labute approximate surface area is 140 Å². The summed E-state index contributed by atoms with van der Waals surface area (Å²) in [5, 5.41) is 0.655. The number of benzene rings is 1. The Hall–Kier alpha value is -1.02. The highest BCUT2D eigenvalue weighted by molar-refractivity contribution is 6.31. The number of esters is 1. The van der Waals surface area contributed by atoms with Crippen molar-refractivity contribution in [2.24, 2.45) is 0 Å². The Morgan fingerprint density at radius 2 is 1.23 bits per heavy atom. The van der Waals surface area contributed by atoms with Crippen LogP contribution in [0.25, 0.3) is 0 Å². The number of ether oxygens (including phenoxy) is 1. The van der Waals surface area contributed by atoms with Crippen LogP contribution in [-0.4, -0.2) is 11.6 Å². The van der Waals surface area contributed by atoms with Gasteiger partial charge < -0.3 is 4.74 Å². The maximum absolute atomic E-state index is 12.8. The van der Waals surface area contributed by atoms with Gasteiger partial charge in [0.2, 0.25) is 0 Å². The van der Waals surface area contributed by atoms with Crippen LogP contribution in [0.4, 0.5) is 0 Å². The molecule has 0 amide bonds. The summed E-state index contributed by atoms with van der Waals surface area (Å²) in [7, 11) is 0. The van der Waals surface area contributed by atoms with Crippen molar-refractivity contribution in [3.8, 4) is 0 Å². The molecule has 0 aromatic heterocycles. The summed E-state index contributed by atoms with van der Waals surface area (Å²) in [6, 6.07) is 3.77. The lowest BCUT2D eigenvalue weighted by molar-refractivity contribution is 0.00643. The molecule has 0 unspecified atom stereocenters. The first-order valence-electron chi connectivity index (χ1n) is 7.71. The van der Waals surface area contributed by atoms with Crippen LogP contribution in [0, 0.1) is 0 Å². The van der Waals surface area contributed by atoms with Gasteiger partial charge >= 0.3 is 5.97 Å². The normalized spacial score (nSPS) is 13.2. The van der Waals surface area contributed by atoms with E-state index in [9.17, 15) is 4.79 Å². The minimum atomic E-state index is -0.527. The van der Waals surface area contributed by atoms with Gasteiger partial charge in [-0.15, -0.1) is 0 Å². The van der Waals surface area contributed by atoms with Gasteiger partial charge in [-0.3, -0.25) is 0 Å². The predicted molar refractivity (Wildman–Crippen MR) is 94.0 cm³/mol. The van der Waals surface area contributed by atoms with Crippen LogP contribution in [-0.2, 0) is 15.6 Å². The molecule has 3 heteroatoms. The third-order valence-electron chi connectivity index (χ3n) is 3.32. The number of carbonyl (C=O) groups is 1. The van der Waals surface area contributed by atoms with Crippen LogP contribution in [0.5, 0.6) is 0 Å². The van der Waals surface area contributed by atoms with Crippen LogP contribution < -0.4 is 0 Å². The predicted octanol–water partition coefficient (Wildman–Crippen LogP) is 5.89. The van der Waals surface area contributed by atoms with Crippen LogP contribution in [0.3, 0.4) is 0 Å². The number of hydrogen-bond donors (Lipinski definition) is 0. The zero-order valence-corrected chi connectivity index (χ0v) is 16.1. The number of halogens is 1. The van der Waals surface area contributed by atoms with Crippen LogP contribution in [0.15, 0.2) is 12.1 Å². The Balaban J connectivity index is 3.67. The van der Waals surface area contributed by atoms with E-state index in [0.29, 0.717) is 10.6 Å². The zero-order chi connectivity index (χ0) is 17.5. The summed E-state index contributed by atoms with van der Waals surface area (Å²) in [6.45, 7) is 18.1. The Bertz CT molecular complexity index is 532. The lowest BCUT2D eigenvalue weighted by Gasteiger charge is -2.31. The van der Waals surface area contributed by atoms with E-state index in [2.05, 4.69) is 41.5 Å². The quantitative estimate of drug-likeness (QED) is 0.602. The molecule has 0 spiro atoms. The molecular weight excluding hydrogens is 296 g/mol. The molecule has 0 atom stereocenters. The van der Waals surface area contributed by atoms with Gasteiger partial charge in [-0.2, -0.15) is 0 Å². The molecule has 0 bridgehead atoms. The number of rotatable bonds is 1. The average Bonchev–Trinajstić information content (AvgIpc) is 2.22. The second-order valence-corrected chi connectivity index (χ2v) is 9.31. The van der Waals surface area contributed by atoms with Crippen LogP contribution in [0.1, 0.15) is 83.8 Å². The summed E-state index contributed by atoms with van der Waals surface area (Å²) in [6.07, 6.45) is 0. The van der Waals surface area contributed by atoms with E-state index in [1.54, 1.807) is 0 Å². The molecule has 1 aromatic rings. The van der Waals surface area contributed by atoms with E-state index in [1.807, 2.05) is 32.9 Å². The molecule has 0 saturated carbocycles. The molecule has 0 radical (unpaired) electrons. The molecule has 124 valence electrons. The molecule has 22 heavy (non-hydrogen) atoms. The van der Waals surface area contributed by atoms with Crippen molar-refractivity contribution in [2.75, 3.05) is 0 Å². The molecule has 0 aliphatic heterocycles. The fourth-order valence-corrected chi connectivity index (χ4v) is 2.56. The van der Waals surface area contributed by atoms with Gasteiger partial charge in [-0.05, 0) is 54.9 Å². The molecule has 0 fully saturated rings. The lowest BCUT2D eigenvalue weighted by atomic mass is 9.76. The monoisotopic (exact) mass is 324 g/mol. The maximum Gasteiger partial charge on any atom is 0.339 e. The van der Waals surface area contributed by atoms with Gasteiger partial charge in [0.25, 0.3) is 0 Å². The van der Waals surface area contributed by atoms with E-state index in [0.717, 1.165) is 11.1 Å². The van der Waals surface area contributed by atoms with Crippen molar-refractivity contribution in [3.63, 3.8) is 0 Å². The summed E-state index contributed by atoms with van der Waals surface area (Å²) in [4.78, 5) is 12.8. The summed E-state index contributed by atoms with van der Waals surface area (Å²) >= 11 is 6.32.